The topological polar surface area (TPSA) is 76.9 Å². The Morgan fingerprint density at radius 2 is 1.86 bits per heavy atom. The Balaban J connectivity index is 2.22. The molecule has 6 nitrogen and oxygen atoms in total. The molecule has 114 valence electrons. The second-order valence-corrected chi connectivity index (χ2v) is 7.08. The van der Waals surface area contributed by atoms with Gasteiger partial charge in [-0.05, 0) is 18.1 Å². The van der Waals surface area contributed by atoms with Gasteiger partial charge in [-0.15, -0.1) is 0 Å². The molecule has 0 aliphatic carbocycles. The standard InChI is InChI=1S/C13H17ClN4O2S/c1-10(2)12(9-18-15-7-8-16-18)17-21(19,20)13-6-4-3-5-11(13)14/h3-8,10,12,17H,9H2,1-2H3. The van der Waals surface area contributed by atoms with Crippen LogP contribution in [-0.4, -0.2) is 29.5 Å². The number of benzene rings is 1. The van der Waals surface area contributed by atoms with Gasteiger partial charge in [0.05, 0.1) is 24.0 Å². The molecule has 1 aromatic carbocycles. The highest BCUT2D eigenvalue weighted by atomic mass is 35.5. The maximum Gasteiger partial charge on any atom is 0.242 e. The molecule has 21 heavy (non-hydrogen) atoms. The molecular formula is C13H17ClN4O2S. The van der Waals surface area contributed by atoms with E-state index in [1.165, 1.54) is 10.9 Å². The van der Waals surface area contributed by atoms with E-state index in [0.29, 0.717) is 6.54 Å². The van der Waals surface area contributed by atoms with Crippen molar-refractivity contribution in [1.82, 2.24) is 19.7 Å². The van der Waals surface area contributed by atoms with Crippen LogP contribution in [0.4, 0.5) is 0 Å². The zero-order valence-corrected chi connectivity index (χ0v) is 13.3. The summed E-state index contributed by atoms with van der Waals surface area (Å²) in [5.41, 5.74) is 0. The Bertz CT molecular complexity index is 686. The normalized spacial score (nSPS) is 13.5. The fourth-order valence-electron chi connectivity index (χ4n) is 1.82. The number of nitrogens with zero attached hydrogens (tertiary/aromatic N) is 3. The van der Waals surface area contributed by atoms with Gasteiger partial charge in [0, 0.05) is 6.04 Å². The van der Waals surface area contributed by atoms with Crippen LogP contribution >= 0.6 is 11.6 Å². The summed E-state index contributed by atoms with van der Waals surface area (Å²) in [4.78, 5) is 1.53. The van der Waals surface area contributed by atoms with Crippen molar-refractivity contribution in [2.45, 2.75) is 31.3 Å². The number of nitrogens with one attached hydrogen (secondary N) is 1. The second kappa shape index (κ2) is 6.55. The van der Waals surface area contributed by atoms with E-state index in [4.69, 9.17) is 11.6 Å². The van der Waals surface area contributed by atoms with E-state index in [2.05, 4.69) is 14.9 Å². The monoisotopic (exact) mass is 328 g/mol. The maximum absolute atomic E-state index is 12.5. The van der Waals surface area contributed by atoms with E-state index in [1.54, 1.807) is 30.6 Å². The quantitative estimate of drug-likeness (QED) is 0.879. The molecular weight excluding hydrogens is 312 g/mol. The summed E-state index contributed by atoms with van der Waals surface area (Å²) < 4.78 is 27.6. The predicted octanol–water partition coefficient (Wildman–Crippen LogP) is 1.93. The smallest absolute Gasteiger partial charge is 0.207 e. The Morgan fingerprint density at radius 1 is 1.24 bits per heavy atom. The Hall–Kier alpha value is -1.44. The maximum atomic E-state index is 12.5. The molecule has 2 aromatic rings. The Morgan fingerprint density at radius 3 is 2.43 bits per heavy atom. The molecule has 0 amide bonds. The summed E-state index contributed by atoms with van der Waals surface area (Å²) >= 11 is 5.97. The zero-order chi connectivity index (χ0) is 15.5. The first-order valence-electron chi connectivity index (χ1n) is 6.51. The second-order valence-electron chi connectivity index (χ2n) is 4.99. The van der Waals surface area contributed by atoms with Crippen LogP contribution in [0.5, 0.6) is 0 Å². The molecule has 0 aliphatic heterocycles. The van der Waals surface area contributed by atoms with Gasteiger partial charge in [-0.3, -0.25) is 0 Å². The van der Waals surface area contributed by atoms with E-state index in [-0.39, 0.29) is 21.9 Å². The van der Waals surface area contributed by atoms with Gasteiger partial charge in [0.15, 0.2) is 0 Å². The van der Waals surface area contributed by atoms with Crippen LogP contribution in [0.3, 0.4) is 0 Å². The van der Waals surface area contributed by atoms with Crippen LogP contribution in [0.1, 0.15) is 13.8 Å². The zero-order valence-electron chi connectivity index (χ0n) is 11.8. The first-order chi connectivity index (χ1) is 9.90. The minimum absolute atomic E-state index is 0.0748. The lowest BCUT2D eigenvalue weighted by Gasteiger charge is -2.22. The van der Waals surface area contributed by atoms with Gasteiger partial charge >= 0.3 is 0 Å². The molecule has 2 rings (SSSR count). The predicted molar refractivity (Wildman–Crippen MR) is 80.4 cm³/mol. The molecule has 1 aromatic heterocycles. The van der Waals surface area contributed by atoms with Gasteiger partial charge in [-0.25, -0.2) is 13.1 Å². The molecule has 1 unspecified atom stereocenters. The lowest BCUT2D eigenvalue weighted by atomic mass is 10.1. The molecule has 0 saturated heterocycles. The summed E-state index contributed by atoms with van der Waals surface area (Å²) in [6.07, 6.45) is 3.11. The SMILES string of the molecule is CC(C)C(Cn1nccn1)NS(=O)(=O)c1ccccc1Cl. The molecule has 8 heteroatoms. The fourth-order valence-corrected chi connectivity index (χ4v) is 3.72. The number of halogens is 1. The third-order valence-electron chi connectivity index (χ3n) is 3.06. The van der Waals surface area contributed by atoms with Crippen molar-refractivity contribution >= 4 is 21.6 Å². The van der Waals surface area contributed by atoms with E-state index >= 15 is 0 Å². The fraction of sp³-hybridized carbons (Fsp3) is 0.385. The molecule has 1 heterocycles. The van der Waals surface area contributed by atoms with Crippen molar-refractivity contribution in [1.29, 1.82) is 0 Å². The minimum atomic E-state index is -3.69. The van der Waals surface area contributed by atoms with Crippen molar-refractivity contribution < 1.29 is 8.42 Å². The number of rotatable bonds is 6. The van der Waals surface area contributed by atoms with E-state index in [0.717, 1.165) is 0 Å². The third-order valence-corrected chi connectivity index (χ3v) is 5.05. The lowest BCUT2D eigenvalue weighted by Crippen LogP contribution is -2.42. The Kier molecular flexibility index (Phi) is 4.97. The summed E-state index contributed by atoms with van der Waals surface area (Å²) in [6, 6.07) is 6.03. The van der Waals surface area contributed by atoms with Crippen molar-refractivity contribution in [2.75, 3.05) is 0 Å². The molecule has 1 atom stereocenters. The van der Waals surface area contributed by atoms with Gasteiger partial charge in [0.25, 0.3) is 0 Å². The highest BCUT2D eigenvalue weighted by molar-refractivity contribution is 7.89. The average molecular weight is 329 g/mol. The highest BCUT2D eigenvalue weighted by Crippen LogP contribution is 2.21. The summed E-state index contributed by atoms with van der Waals surface area (Å²) in [7, 11) is -3.69. The van der Waals surface area contributed by atoms with E-state index in [1.807, 2.05) is 13.8 Å². The summed E-state index contributed by atoms with van der Waals surface area (Å²) in [5, 5.41) is 8.21. The van der Waals surface area contributed by atoms with Crippen molar-refractivity contribution in [3.05, 3.63) is 41.7 Å². The highest BCUT2D eigenvalue weighted by Gasteiger charge is 2.24. The van der Waals surface area contributed by atoms with Crippen LogP contribution in [-0.2, 0) is 16.6 Å². The molecule has 1 N–H and O–H groups in total. The summed E-state index contributed by atoms with van der Waals surface area (Å²) in [6.45, 7) is 4.22. The largest absolute Gasteiger partial charge is 0.242 e. The van der Waals surface area contributed by atoms with Crippen molar-refractivity contribution in [2.24, 2.45) is 5.92 Å². The van der Waals surface area contributed by atoms with Crippen LogP contribution in [0, 0.1) is 5.92 Å². The van der Waals surface area contributed by atoms with Crippen LogP contribution in [0.2, 0.25) is 5.02 Å². The van der Waals surface area contributed by atoms with Gasteiger partial charge in [-0.1, -0.05) is 37.6 Å². The molecule has 0 saturated carbocycles. The first kappa shape index (κ1) is 15.9. The summed E-state index contributed by atoms with van der Waals surface area (Å²) in [5.74, 6) is 0.0771. The lowest BCUT2D eigenvalue weighted by molar-refractivity contribution is 0.361. The van der Waals surface area contributed by atoms with Gasteiger partial charge in [-0.2, -0.15) is 15.0 Å². The van der Waals surface area contributed by atoms with Crippen LogP contribution in [0.15, 0.2) is 41.6 Å². The number of hydrogen-bond donors (Lipinski definition) is 1. The molecule has 0 bridgehead atoms. The van der Waals surface area contributed by atoms with E-state index < -0.39 is 10.0 Å². The Labute approximate surface area is 129 Å². The molecule has 0 spiro atoms. The minimum Gasteiger partial charge on any atom is -0.207 e. The average Bonchev–Trinajstić information content (AvgIpc) is 2.91. The van der Waals surface area contributed by atoms with Crippen LogP contribution in [0.25, 0.3) is 0 Å². The van der Waals surface area contributed by atoms with Gasteiger partial charge in [0.2, 0.25) is 10.0 Å². The number of hydrogen-bond acceptors (Lipinski definition) is 4. The third kappa shape index (κ3) is 4.03. The number of sulfonamides is 1. The van der Waals surface area contributed by atoms with Crippen molar-refractivity contribution in [3.8, 4) is 0 Å². The molecule has 0 aliphatic rings. The molecule has 0 fully saturated rings. The number of aromatic nitrogens is 3. The van der Waals surface area contributed by atoms with Gasteiger partial charge in [0.1, 0.15) is 4.90 Å². The van der Waals surface area contributed by atoms with E-state index in [9.17, 15) is 8.42 Å². The van der Waals surface area contributed by atoms with Crippen LogP contribution < -0.4 is 4.72 Å². The van der Waals surface area contributed by atoms with Gasteiger partial charge < -0.3 is 0 Å². The molecule has 0 radical (unpaired) electrons. The van der Waals surface area contributed by atoms with Crippen molar-refractivity contribution in [3.63, 3.8) is 0 Å². The first-order valence-corrected chi connectivity index (χ1v) is 8.37.